The minimum absolute atomic E-state index is 0.0814. The Bertz CT molecular complexity index is 852. The molecule has 136 valence electrons. The fourth-order valence-electron chi connectivity index (χ4n) is 3.96. The van der Waals surface area contributed by atoms with Crippen molar-refractivity contribution in [2.45, 2.75) is 18.6 Å². The van der Waals surface area contributed by atoms with E-state index in [1.54, 1.807) is 19.1 Å². The molecule has 0 unspecified atom stereocenters. The molecule has 1 N–H and O–H groups in total. The molecule has 8 heteroatoms. The molecule has 0 aliphatic carbocycles. The van der Waals surface area contributed by atoms with Crippen molar-refractivity contribution < 1.29 is 29.0 Å². The van der Waals surface area contributed by atoms with Gasteiger partial charge in [0.05, 0.1) is 47.4 Å². The van der Waals surface area contributed by atoms with Gasteiger partial charge in [-0.05, 0) is 25.1 Å². The van der Waals surface area contributed by atoms with Crippen LogP contribution in [0.15, 0.2) is 30.4 Å². The van der Waals surface area contributed by atoms with E-state index in [0.717, 1.165) is 4.90 Å². The van der Waals surface area contributed by atoms with E-state index in [4.69, 9.17) is 21.1 Å². The Balaban J connectivity index is 1.72. The highest BCUT2D eigenvalue weighted by molar-refractivity contribution is 6.34. The van der Waals surface area contributed by atoms with Gasteiger partial charge in [0.15, 0.2) is 0 Å². The quantitative estimate of drug-likeness (QED) is 0.483. The van der Waals surface area contributed by atoms with Crippen LogP contribution in [0.3, 0.4) is 0 Å². The third kappa shape index (κ3) is 2.17. The van der Waals surface area contributed by atoms with Gasteiger partial charge in [-0.2, -0.15) is 0 Å². The summed E-state index contributed by atoms with van der Waals surface area (Å²) in [6.45, 7) is 1.46. The minimum Gasteiger partial charge on any atom is -0.462 e. The van der Waals surface area contributed by atoms with Crippen molar-refractivity contribution in [1.29, 1.82) is 0 Å². The summed E-state index contributed by atoms with van der Waals surface area (Å²) < 4.78 is 10.6. The number of amides is 2. The minimum atomic E-state index is -1.16. The highest BCUT2D eigenvalue weighted by Crippen LogP contribution is 2.52. The van der Waals surface area contributed by atoms with Crippen molar-refractivity contribution in [1.82, 2.24) is 0 Å². The van der Waals surface area contributed by atoms with Crippen LogP contribution in [0.4, 0.5) is 5.69 Å². The summed E-state index contributed by atoms with van der Waals surface area (Å²) in [5.41, 5.74) is -0.833. The number of fused-ring (bicyclic) bond motifs is 5. The number of carbonyl (C=O) groups excluding carboxylic acids is 3. The average molecular weight is 378 g/mol. The largest absolute Gasteiger partial charge is 0.462 e. The van der Waals surface area contributed by atoms with Crippen LogP contribution in [-0.4, -0.2) is 47.8 Å². The number of carbonyl (C=O) groups is 3. The summed E-state index contributed by atoms with van der Waals surface area (Å²) in [7, 11) is 0. The van der Waals surface area contributed by atoms with Crippen LogP contribution in [0.5, 0.6) is 0 Å². The van der Waals surface area contributed by atoms with Gasteiger partial charge < -0.3 is 14.6 Å². The molecular weight excluding hydrogens is 362 g/mol. The lowest BCUT2D eigenvalue weighted by molar-refractivity contribution is -0.128. The first kappa shape index (κ1) is 17.2. The molecule has 2 bridgehead atoms. The van der Waals surface area contributed by atoms with Crippen molar-refractivity contribution >= 4 is 35.1 Å². The number of rotatable bonds is 4. The first-order chi connectivity index (χ1) is 12.4. The molecule has 7 nitrogen and oxygen atoms in total. The number of benzene rings is 1. The van der Waals surface area contributed by atoms with Crippen LogP contribution >= 0.6 is 11.6 Å². The van der Waals surface area contributed by atoms with Crippen LogP contribution in [-0.2, 0) is 19.1 Å². The van der Waals surface area contributed by atoms with Crippen molar-refractivity contribution in [3.63, 3.8) is 0 Å². The zero-order valence-corrected chi connectivity index (χ0v) is 14.6. The summed E-state index contributed by atoms with van der Waals surface area (Å²) in [6.07, 6.45) is 2.82. The lowest BCUT2D eigenvalue weighted by Gasteiger charge is -2.26. The molecule has 4 rings (SSSR count). The molecule has 3 heterocycles. The van der Waals surface area contributed by atoms with E-state index >= 15 is 0 Å². The molecule has 0 spiro atoms. The predicted octanol–water partition coefficient (Wildman–Crippen LogP) is 1.32. The number of esters is 1. The highest BCUT2D eigenvalue weighted by atomic mass is 35.5. The first-order valence-electron chi connectivity index (χ1n) is 8.26. The van der Waals surface area contributed by atoms with Gasteiger partial charge in [0.25, 0.3) is 0 Å². The van der Waals surface area contributed by atoms with E-state index in [-0.39, 0.29) is 29.5 Å². The molecule has 26 heavy (non-hydrogen) atoms. The second-order valence-electron chi connectivity index (χ2n) is 6.45. The number of hydrogen-bond acceptors (Lipinski definition) is 6. The van der Waals surface area contributed by atoms with Crippen LogP contribution < -0.4 is 4.90 Å². The molecule has 1 aromatic carbocycles. The average Bonchev–Trinajstić information content (AvgIpc) is 3.27. The third-order valence-electron chi connectivity index (χ3n) is 5.11. The Morgan fingerprint density at radius 3 is 2.85 bits per heavy atom. The van der Waals surface area contributed by atoms with Crippen molar-refractivity contribution in [3.8, 4) is 0 Å². The summed E-state index contributed by atoms with van der Waals surface area (Å²) in [4.78, 5) is 39.0. The summed E-state index contributed by atoms with van der Waals surface area (Å²) >= 11 is 6.05. The molecule has 0 radical (unpaired) electrons. The Kier molecular flexibility index (Phi) is 3.91. The second-order valence-corrected chi connectivity index (χ2v) is 6.86. The zero-order valence-electron chi connectivity index (χ0n) is 13.8. The van der Waals surface area contributed by atoms with Crippen molar-refractivity contribution in [3.05, 3.63) is 40.9 Å². The lowest BCUT2D eigenvalue weighted by atomic mass is 9.77. The van der Waals surface area contributed by atoms with Crippen LogP contribution in [0.2, 0.25) is 5.02 Å². The maximum atomic E-state index is 13.0. The predicted molar refractivity (Wildman–Crippen MR) is 90.7 cm³/mol. The fourth-order valence-corrected chi connectivity index (χ4v) is 4.15. The van der Waals surface area contributed by atoms with Gasteiger partial charge >= 0.3 is 5.97 Å². The van der Waals surface area contributed by atoms with Gasteiger partial charge in [-0.3, -0.25) is 9.59 Å². The van der Waals surface area contributed by atoms with Crippen LogP contribution in [0.1, 0.15) is 17.3 Å². The fraction of sp³-hybridized carbons (Fsp3) is 0.389. The zero-order chi connectivity index (χ0) is 18.6. The molecule has 4 atom stereocenters. The molecule has 2 fully saturated rings. The molecule has 2 amide bonds. The Hall–Kier alpha value is -2.22. The maximum absolute atomic E-state index is 13.0. The van der Waals surface area contributed by atoms with E-state index in [2.05, 4.69) is 0 Å². The monoisotopic (exact) mass is 377 g/mol. The van der Waals surface area contributed by atoms with Crippen LogP contribution in [0, 0.1) is 11.8 Å². The number of ether oxygens (including phenoxy) is 2. The molecule has 2 saturated heterocycles. The molecule has 3 aliphatic heterocycles. The van der Waals surface area contributed by atoms with E-state index in [0.29, 0.717) is 0 Å². The molecule has 3 aliphatic rings. The van der Waals surface area contributed by atoms with Gasteiger partial charge in [-0.15, -0.1) is 0 Å². The number of imide groups is 1. The summed E-state index contributed by atoms with van der Waals surface area (Å²) in [5.74, 6) is -2.96. The van der Waals surface area contributed by atoms with Crippen molar-refractivity contribution in [2.75, 3.05) is 18.1 Å². The number of halogens is 1. The lowest BCUT2D eigenvalue weighted by Crippen LogP contribution is -2.43. The first-order valence-corrected chi connectivity index (χ1v) is 8.64. The smallest absolute Gasteiger partial charge is 0.339 e. The topological polar surface area (TPSA) is 93.1 Å². The molecule has 0 saturated carbocycles. The van der Waals surface area contributed by atoms with E-state index < -0.39 is 41.3 Å². The number of anilines is 1. The Morgan fingerprint density at radius 1 is 1.38 bits per heavy atom. The van der Waals surface area contributed by atoms with E-state index in [1.165, 1.54) is 18.2 Å². The maximum Gasteiger partial charge on any atom is 0.339 e. The van der Waals surface area contributed by atoms with Gasteiger partial charge in [-0.1, -0.05) is 23.8 Å². The summed E-state index contributed by atoms with van der Waals surface area (Å²) in [6, 6.07) is 4.33. The Morgan fingerprint density at radius 2 is 2.15 bits per heavy atom. The van der Waals surface area contributed by atoms with Crippen LogP contribution in [0.25, 0.3) is 0 Å². The SMILES string of the molecule is CCOC(=O)c1cc(N2C(=O)[C@H]3[C@@H]4C=C[C@@](CO)(O4)[C@@H]3C2=O)ccc1Cl. The number of aliphatic hydroxyl groups excluding tert-OH is 1. The molecule has 0 aromatic heterocycles. The number of hydrogen-bond donors (Lipinski definition) is 1. The second kappa shape index (κ2) is 5.90. The number of aliphatic hydroxyl groups is 1. The summed E-state index contributed by atoms with van der Waals surface area (Å²) in [5, 5.41) is 9.90. The van der Waals surface area contributed by atoms with Crippen molar-refractivity contribution in [2.24, 2.45) is 11.8 Å². The van der Waals surface area contributed by atoms with E-state index in [1.807, 2.05) is 0 Å². The van der Waals surface area contributed by atoms with Gasteiger partial charge in [0.2, 0.25) is 11.8 Å². The van der Waals surface area contributed by atoms with Gasteiger partial charge in [0.1, 0.15) is 5.60 Å². The van der Waals surface area contributed by atoms with Gasteiger partial charge in [0, 0.05) is 0 Å². The molecule has 1 aromatic rings. The molecular formula is C18H16ClNO6. The number of nitrogens with zero attached hydrogens (tertiary/aromatic N) is 1. The third-order valence-corrected chi connectivity index (χ3v) is 5.44. The Labute approximate surface area is 154 Å². The normalized spacial score (nSPS) is 31.7. The van der Waals surface area contributed by atoms with E-state index in [9.17, 15) is 19.5 Å². The highest BCUT2D eigenvalue weighted by Gasteiger charge is 2.67. The van der Waals surface area contributed by atoms with Gasteiger partial charge in [-0.25, -0.2) is 9.69 Å². The standard InChI is InChI=1S/C18H16ClNO6/c1-2-25-17(24)10-7-9(3-4-11(10)19)20-15(22)13-12-5-6-18(8-21,26-12)14(13)16(20)23/h3-7,12-14,21H,2,8H2,1H3/t12-,13-,14-,18-/m0/s1.